The predicted octanol–water partition coefficient (Wildman–Crippen LogP) is 2.45. The van der Waals surface area contributed by atoms with Crippen LogP contribution in [0.25, 0.3) is 0 Å². The van der Waals surface area contributed by atoms with Gasteiger partial charge in [0.05, 0.1) is 24.6 Å². The number of aliphatic hydroxyl groups is 1. The number of hydrogen-bond acceptors (Lipinski definition) is 3. The first kappa shape index (κ1) is 17.3. The number of amides is 1. The van der Waals surface area contributed by atoms with E-state index < -0.39 is 6.10 Å². The molecule has 1 saturated carbocycles. The lowest BCUT2D eigenvalue weighted by molar-refractivity contribution is -0.133. The Hall–Kier alpha value is -2.14. The van der Waals surface area contributed by atoms with Gasteiger partial charge in [-0.3, -0.25) is 4.79 Å². The molecule has 1 fully saturated rings. The number of carbonyl (C=O) groups excluding carboxylic acids is 1. The molecule has 2 aromatic rings. The van der Waals surface area contributed by atoms with Crippen molar-refractivity contribution in [2.75, 3.05) is 7.05 Å². The Kier molecular flexibility index (Phi) is 4.57. The lowest BCUT2D eigenvalue weighted by Crippen LogP contribution is -2.44. The van der Waals surface area contributed by atoms with E-state index in [2.05, 4.69) is 23.2 Å². The van der Waals surface area contributed by atoms with Gasteiger partial charge in [-0.05, 0) is 55.7 Å². The van der Waals surface area contributed by atoms with E-state index in [1.54, 1.807) is 11.1 Å². The highest BCUT2D eigenvalue weighted by Crippen LogP contribution is 2.34. The Morgan fingerprint density at radius 2 is 2.12 bits per heavy atom. The van der Waals surface area contributed by atoms with Gasteiger partial charge in [-0.15, -0.1) is 0 Å². The molecule has 1 aromatic carbocycles. The number of benzene rings is 1. The summed E-state index contributed by atoms with van der Waals surface area (Å²) in [7, 11) is 1.83. The van der Waals surface area contributed by atoms with E-state index in [1.807, 2.05) is 24.7 Å². The van der Waals surface area contributed by atoms with E-state index in [1.165, 1.54) is 17.5 Å². The summed E-state index contributed by atoms with van der Waals surface area (Å²) >= 11 is 0. The molecule has 1 N–H and O–H groups in total. The topological polar surface area (TPSA) is 58.4 Å². The number of aryl methyl sites for hydroxylation is 3. The van der Waals surface area contributed by atoms with Crippen molar-refractivity contribution < 1.29 is 9.90 Å². The van der Waals surface area contributed by atoms with Crippen molar-refractivity contribution >= 4 is 5.91 Å². The summed E-state index contributed by atoms with van der Waals surface area (Å²) in [6.07, 6.45) is 8.70. The summed E-state index contributed by atoms with van der Waals surface area (Å²) < 4.78 is 2.03. The molecule has 5 heteroatoms. The standard InChI is InChI=1S/C21H27N3O2/c1-14-22-10-11-24(14)19-9-8-18(21(19)26)23(2)20(25)13-15-6-7-16-4-3-5-17(16)12-15/h6-7,10-12,18-19,21,26H,3-5,8-9,13H2,1-2H3/t18-,19-,21-/m1/s1. The van der Waals surface area contributed by atoms with Crippen LogP contribution in [-0.2, 0) is 24.1 Å². The van der Waals surface area contributed by atoms with Gasteiger partial charge < -0.3 is 14.6 Å². The van der Waals surface area contributed by atoms with Crippen molar-refractivity contribution in [1.82, 2.24) is 14.5 Å². The molecule has 26 heavy (non-hydrogen) atoms. The zero-order valence-electron chi connectivity index (χ0n) is 15.6. The molecular formula is C21H27N3O2. The molecule has 5 nitrogen and oxygen atoms in total. The van der Waals surface area contributed by atoms with Crippen LogP contribution in [-0.4, -0.2) is 44.7 Å². The van der Waals surface area contributed by atoms with Crippen molar-refractivity contribution in [1.29, 1.82) is 0 Å². The van der Waals surface area contributed by atoms with Gasteiger partial charge in [0.2, 0.25) is 5.91 Å². The van der Waals surface area contributed by atoms with Gasteiger partial charge in [-0.25, -0.2) is 4.98 Å². The molecule has 138 valence electrons. The monoisotopic (exact) mass is 353 g/mol. The highest BCUT2D eigenvalue weighted by molar-refractivity contribution is 5.79. The van der Waals surface area contributed by atoms with Crippen LogP contribution in [0.1, 0.15) is 47.8 Å². The van der Waals surface area contributed by atoms with Crippen molar-refractivity contribution in [2.24, 2.45) is 0 Å². The third-order valence-electron chi connectivity index (χ3n) is 6.18. The van der Waals surface area contributed by atoms with Crippen LogP contribution < -0.4 is 0 Å². The smallest absolute Gasteiger partial charge is 0.227 e. The molecule has 0 saturated heterocycles. The Bertz CT molecular complexity index is 813. The summed E-state index contributed by atoms with van der Waals surface area (Å²) in [5.74, 6) is 0.983. The number of imidazole rings is 1. The first-order valence-corrected chi connectivity index (χ1v) is 9.58. The van der Waals surface area contributed by atoms with Crippen molar-refractivity contribution in [3.63, 3.8) is 0 Å². The van der Waals surface area contributed by atoms with E-state index in [-0.39, 0.29) is 18.0 Å². The van der Waals surface area contributed by atoms with Crippen molar-refractivity contribution in [3.05, 3.63) is 53.1 Å². The summed E-state index contributed by atoms with van der Waals surface area (Å²) in [5, 5.41) is 10.8. The van der Waals surface area contributed by atoms with Crippen LogP contribution in [0.4, 0.5) is 0 Å². The maximum Gasteiger partial charge on any atom is 0.227 e. The third kappa shape index (κ3) is 3.05. The first-order valence-electron chi connectivity index (χ1n) is 9.58. The number of rotatable bonds is 4. The molecule has 2 aliphatic carbocycles. The molecule has 1 aromatic heterocycles. The molecule has 1 heterocycles. The fourth-order valence-corrected chi connectivity index (χ4v) is 4.62. The Balaban J connectivity index is 1.43. The van der Waals surface area contributed by atoms with E-state index in [9.17, 15) is 9.90 Å². The molecule has 4 rings (SSSR count). The van der Waals surface area contributed by atoms with Gasteiger partial charge >= 0.3 is 0 Å². The van der Waals surface area contributed by atoms with E-state index in [0.717, 1.165) is 37.1 Å². The highest BCUT2D eigenvalue weighted by atomic mass is 16.3. The van der Waals surface area contributed by atoms with Crippen LogP contribution in [0, 0.1) is 6.92 Å². The largest absolute Gasteiger partial charge is 0.389 e. The Labute approximate surface area is 154 Å². The lowest BCUT2D eigenvalue weighted by atomic mass is 10.0. The molecule has 2 aliphatic rings. The van der Waals surface area contributed by atoms with Crippen LogP contribution in [0.15, 0.2) is 30.6 Å². The average molecular weight is 353 g/mol. The maximum atomic E-state index is 12.8. The third-order valence-corrected chi connectivity index (χ3v) is 6.18. The van der Waals surface area contributed by atoms with Crippen LogP contribution in [0.3, 0.4) is 0 Å². The summed E-state index contributed by atoms with van der Waals surface area (Å²) in [6.45, 7) is 1.95. The number of aliphatic hydroxyl groups excluding tert-OH is 1. The fraction of sp³-hybridized carbons (Fsp3) is 0.524. The first-order chi connectivity index (χ1) is 12.5. The zero-order chi connectivity index (χ0) is 18.3. The van der Waals surface area contributed by atoms with Gasteiger partial charge in [0.25, 0.3) is 0 Å². The number of likely N-dealkylation sites (N-methyl/N-ethyl adjacent to an activating group) is 1. The summed E-state index contributed by atoms with van der Waals surface area (Å²) in [6, 6.07) is 6.31. The summed E-state index contributed by atoms with van der Waals surface area (Å²) in [5.41, 5.74) is 3.91. The number of fused-ring (bicyclic) bond motifs is 1. The molecule has 0 unspecified atom stereocenters. The van der Waals surface area contributed by atoms with Crippen LogP contribution >= 0.6 is 0 Å². The molecule has 0 aliphatic heterocycles. The van der Waals surface area contributed by atoms with Crippen LogP contribution in [0.5, 0.6) is 0 Å². The number of nitrogens with zero attached hydrogens (tertiary/aromatic N) is 3. The SMILES string of the molecule is Cc1nccn1[C@@H]1CC[C@@H](N(C)C(=O)Cc2ccc3c(c2)CCC3)[C@H]1O. The number of hydrogen-bond donors (Lipinski definition) is 1. The molecule has 0 spiro atoms. The van der Waals surface area contributed by atoms with Gasteiger partial charge in [0, 0.05) is 19.4 Å². The average Bonchev–Trinajstić information content (AvgIpc) is 3.33. The van der Waals surface area contributed by atoms with E-state index in [0.29, 0.717) is 6.42 Å². The highest BCUT2D eigenvalue weighted by Gasteiger charge is 2.39. The van der Waals surface area contributed by atoms with Gasteiger partial charge in [0.1, 0.15) is 5.82 Å². The molecular weight excluding hydrogens is 326 g/mol. The molecule has 3 atom stereocenters. The quantitative estimate of drug-likeness (QED) is 0.918. The summed E-state index contributed by atoms with van der Waals surface area (Å²) in [4.78, 5) is 18.8. The Morgan fingerprint density at radius 1 is 1.31 bits per heavy atom. The maximum absolute atomic E-state index is 12.8. The number of carbonyl (C=O) groups is 1. The molecule has 0 radical (unpaired) electrons. The van der Waals surface area contributed by atoms with Crippen molar-refractivity contribution in [3.8, 4) is 0 Å². The zero-order valence-corrected chi connectivity index (χ0v) is 15.6. The molecule has 1 amide bonds. The van der Waals surface area contributed by atoms with Crippen LogP contribution in [0.2, 0.25) is 0 Å². The second-order valence-corrected chi connectivity index (χ2v) is 7.72. The van der Waals surface area contributed by atoms with E-state index >= 15 is 0 Å². The fourth-order valence-electron chi connectivity index (χ4n) is 4.62. The lowest BCUT2D eigenvalue weighted by Gasteiger charge is -2.29. The van der Waals surface area contributed by atoms with E-state index in [4.69, 9.17) is 0 Å². The second-order valence-electron chi connectivity index (χ2n) is 7.72. The second kappa shape index (κ2) is 6.88. The Morgan fingerprint density at radius 3 is 2.88 bits per heavy atom. The minimum Gasteiger partial charge on any atom is -0.389 e. The minimum absolute atomic E-state index is 0.00209. The number of aromatic nitrogens is 2. The predicted molar refractivity (Wildman–Crippen MR) is 100.0 cm³/mol. The minimum atomic E-state index is -0.558. The van der Waals surface area contributed by atoms with Gasteiger partial charge in [-0.2, -0.15) is 0 Å². The van der Waals surface area contributed by atoms with Gasteiger partial charge in [0.15, 0.2) is 0 Å². The van der Waals surface area contributed by atoms with Gasteiger partial charge in [-0.1, -0.05) is 18.2 Å². The van der Waals surface area contributed by atoms with Crippen molar-refractivity contribution in [2.45, 2.75) is 63.6 Å². The molecule has 0 bridgehead atoms. The normalized spacial score (nSPS) is 24.7.